The number of carbonyl (C=O) groups excluding carboxylic acids is 1. The van der Waals surface area contributed by atoms with E-state index in [9.17, 15) is 9.59 Å². The van der Waals surface area contributed by atoms with Gasteiger partial charge in [-0.2, -0.15) is 0 Å². The molecule has 0 unspecified atom stereocenters. The van der Waals surface area contributed by atoms with Gasteiger partial charge in [-0.15, -0.1) is 5.10 Å². The van der Waals surface area contributed by atoms with Crippen LogP contribution in [0.4, 0.5) is 0 Å². The van der Waals surface area contributed by atoms with Crippen molar-refractivity contribution in [2.24, 2.45) is 5.92 Å². The average Bonchev–Trinajstić information content (AvgIpc) is 3.19. The molecule has 0 atom stereocenters. The van der Waals surface area contributed by atoms with Gasteiger partial charge in [-0.1, -0.05) is 48.9 Å². The number of carbonyl (C=O) groups is 1. The summed E-state index contributed by atoms with van der Waals surface area (Å²) in [5.41, 5.74) is 1.26. The Bertz CT molecular complexity index is 1130. The largest absolute Gasteiger partial charge is 0.342 e. The number of aromatic amines is 1. The lowest BCUT2D eigenvalue weighted by Gasteiger charge is -2.33. The smallest absolute Gasteiger partial charge is 0.281 e. The van der Waals surface area contributed by atoms with E-state index >= 15 is 0 Å². The molecular weight excluding hydrogens is 416 g/mol. The Morgan fingerprint density at radius 1 is 1.23 bits per heavy atom. The highest BCUT2D eigenvalue weighted by molar-refractivity contribution is 6.31. The molecule has 0 spiro atoms. The van der Waals surface area contributed by atoms with Gasteiger partial charge in [-0.05, 0) is 37.3 Å². The second-order valence-electron chi connectivity index (χ2n) is 8.07. The maximum atomic E-state index is 12.7. The van der Waals surface area contributed by atoms with Crippen LogP contribution in [0.3, 0.4) is 0 Å². The predicted octanol–water partition coefficient (Wildman–Crippen LogP) is 3.36. The molecule has 31 heavy (non-hydrogen) atoms. The molecule has 4 rings (SSSR count). The number of nitrogens with zero attached hydrogens (tertiary/aromatic N) is 5. The van der Waals surface area contributed by atoms with Gasteiger partial charge < -0.3 is 9.88 Å². The third-order valence-electron chi connectivity index (χ3n) is 6.20. The van der Waals surface area contributed by atoms with Gasteiger partial charge >= 0.3 is 0 Å². The highest BCUT2D eigenvalue weighted by Gasteiger charge is 2.29. The Labute approximate surface area is 185 Å². The molecule has 1 N–H and O–H groups in total. The van der Waals surface area contributed by atoms with Crippen LogP contribution in [-0.2, 0) is 11.3 Å². The Morgan fingerprint density at radius 2 is 1.94 bits per heavy atom. The summed E-state index contributed by atoms with van der Waals surface area (Å²) in [6, 6.07) is 7.50. The van der Waals surface area contributed by atoms with E-state index in [1.165, 1.54) is 0 Å². The maximum absolute atomic E-state index is 12.7. The van der Waals surface area contributed by atoms with Crippen molar-refractivity contribution in [3.8, 4) is 0 Å². The van der Waals surface area contributed by atoms with Crippen LogP contribution in [0, 0.1) is 5.92 Å². The minimum atomic E-state index is -0.291. The topological polar surface area (TPSA) is 96.8 Å². The highest BCUT2D eigenvalue weighted by atomic mass is 35.5. The molecule has 0 aliphatic carbocycles. The van der Waals surface area contributed by atoms with Crippen molar-refractivity contribution in [1.82, 2.24) is 29.9 Å². The van der Waals surface area contributed by atoms with E-state index in [0.717, 1.165) is 31.2 Å². The molecule has 0 bridgehead atoms. The molecule has 1 fully saturated rings. The molecule has 3 aromatic rings. The molecule has 1 aliphatic rings. The molecule has 1 saturated heterocycles. The number of rotatable bonds is 6. The van der Waals surface area contributed by atoms with Crippen LogP contribution in [0.5, 0.6) is 0 Å². The molecule has 3 heterocycles. The fraction of sp³-hybridized carbons (Fsp3) is 0.500. The van der Waals surface area contributed by atoms with Crippen molar-refractivity contribution < 1.29 is 4.79 Å². The van der Waals surface area contributed by atoms with Crippen molar-refractivity contribution >= 4 is 28.7 Å². The minimum absolute atomic E-state index is 0.0894. The Morgan fingerprint density at radius 3 is 2.61 bits per heavy atom. The summed E-state index contributed by atoms with van der Waals surface area (Å²) in [7, 11) is 0. The normalized spacial score (nSPS) is 15.2. The Hall–Kier alpha value is -2.74. The van der Waals surface area contributed by atoms with Crippen LogP contribution in [-0.4, -0.2) is 48.9 Å². The fourth-order valence-electron chi connectivity index (χ4n) is 4.24. The number of halogens is 1. The summed E-state index contributed by atoms with van der Waals surface area (Å²) in [6.07, 6.45) is 3.27. The standard InChI is InChI=1S/C22H27ClN6O2/c1-3-14(4-2)22(31)28-11-9-15(10-12-28)19-24-20-18(21(30)25-19)26-27-29(20)13-16-7-5-6-8-17(16)23/h5-8,14-15H,3-4,9-13H2,1-2H3,(H,24,25,30). The lowest BCUT2D eigenvalue weighted by molar-refractivity contribution is -0.136. The molecule has 2 aromatic heterocycles. The van der Waals surface area contributed by atoms with Crippen LogP contribution in [0.1, 0.15) is 56.8 Å². The quantitative estimate of drug-likeness (QED) is 0.631. The SMILES string of the molecule is CCC(CC)C(=O)N1CCC(c2nc3c(nnn3Cc3ccccc3Cl)c(=O)[nH]2)CC1. The van der Waals surface area contributed by atoms with Gasteiger partial charge in [0.25, 0.3) is 5.56 Å². The summed E-state index contributed by atoms with van der Waals surface area (Å²) in [5, 5.41) is 8.77. The zero-order valence-corrected chi connectivity index (χ0v) is 18.6. The van der Waals surface area contributed by atoms with Gasteiger partial charge in [0, 0.05) is 29.9 Å². The number of nitrogens with one attached hydrogen (secondary N) is 1. The van der Waals surface area contributed by atoms with Crippen molar-refractivity contribution in [2.45, 2.75) is 52.0 Å². The molecule has 1 aliphatic heterocycles. The van der Waals surface area contributed by atoms with Crippen molar-refractivity contribution in [3.63, 3.8) is 0 Å². The summed E-state index contributed by atoms with van der Waals surface area (Å²) < 4.78 is 1.61. The zero-order chi connectivity index (χ0) is 22.0. The zero-order valence-electron chi connectivity index (χ0n) is 17.8. The second kappa shape index (κ2) is 9.18. The maximum Gasteiger partial charge on any atom is 0.281 e. The molecule has 9 heteroatoms. The van der Waals surface area contributed by atoms with E-state index in [0.29, 0.717) is 36.1 Å². The number of amides is 1. The van der Waals surface area contributed by atoms with Crippen molar-refractivity contribution in [2.75, 3.05) is 13.1 Å². The molecule has 164 valence electrons. The number of fused-ring (bicyclic) bond motifs is 1. The van der Waals surface area contributed by atoms with E-state index in [1.54, 1.807) is 4.68 Å². The Kier molecular flexibility index (Phi) is 6.36. The molecule has 0 saturated carbocycles. The van der Waals surface area contributed by atoms with Gasteiger partial charge in [-0.3, -0.25) is 9.59 Å². The van der Waals surface area contributed by atoms with Gasteiger partial charge in [0.05, 0.1) is 6.54 Å². The first-order chi connectivity index (χ1) is 15.0. The number of benzene rings is 1. The fourth-order valence-corrected chi connectivity index (χ4v) is 4.44. The van der Waals surface area contributed by atoms with Gasteiger partial charge in [0.1, 0.15) is 5.82 Å². The average molecular weight is 443 g/mol. The van der Waals surface area contributed by atoms with Crippen LogP contribution in [0.15, 0.2) is 29.1 Å². The summed E-state index contributed by atoms with van der Waals surface area (Å²) in [5.74, 6) is 1.06. The van der Waals surface area contributed by atoms with E-state index in [4.69, 9.17) is 16.6 Å². The third kappa shape index (κ3) is 4.35. The number of hydrogen-bond donors (Lipinski definition) is 1. The first-order valence-electron chi connectivity index (χ1n) is 10.9. The van der Waals surface area contributed by atoms with Crippen LogP contribution >= 0.6 is 11.6 Å². The van der Waals surface area contributed by atoms with Crippen LogP contribution in [0.25, 0.3) is 11.2 Å². The lowest BCUT2D eigenvalue weighted by atomic mass is 9.93. The van der Waals surface area contributed by atoms with E-state index in [-0.39, 0.29) is 28.8 Å². The number of aromatic nitrogens is 5. The first-order valence-corrected chi connectivity index (χ1v) is 11.2. The van der Waals surface area contributed by atoms with Gasteiger partial charge in [0.15, 0.2) is 11.2 Å². The number of likely N-dealkylation sites (tertiary alicyclic amines) is 1. The van der Waals surface area contributed by atoms with Gasteiger partial charge in [-0.25, -0.2) is 9.67 Å². The number of piperidine rings is 1. The third-order valence-corrected chi connectivity index (χ3v) is 6.57. The van der Waals surface area contributed by atoms with E-state index < -0.39 is 0 Å². The summed E-state index contributed by atoms with van der Waals surface area (Å²) in [6.45, 7) is 5.86. The predicted molar refractivity (Wildman–Crippen MR) is 119 cm³/mol. The van der Waals surface area contributed by atoms with E-state index in [2.05, 4.69) is 29.1 Å². The van der Waals surface area contributed by atoms with E-state index in [1.807, 2.05) is 29.2 Å². The summed E-state index contributed by atoms with van der Waals surface area (Å²) in [4.78, 5) is 34.8. The van der Waals surface area contributed by atoms with Crippen LogP contribution in [0.2, 0.25) is 5.02 Å². The Balaban J connectivity index is 1.55. The number of hydrogen-bond acceptors (Lipinski definition) is 5. The molecular formula is C22H27ClN6O2. The minimum Gasteiger partial charge on any atom is -0.342 e. The van der Waals surface area contributed by atoms with Crippen molar-refractivity contribution in [1.29, 1.82) is 0 Å². The second-order valence-corrected chi connectivity index (χ2v) is 8.48. The highest BCUT2D eigenvalue weighted by Crippen LogP contribution is 2.27. The first kappa shape index (κ1) is 21.5. The summed E-state index contributed by atoms with van der Waals surface area (Å²) >= 11 is 6.28. The molecule has 0 radical (unpaired) electrons. The molecule has 8 nitrogen and oxygen atoms in total. The lowest BCUT2D eigenvalue weighted by Crippen LogP contribution is -2.41. The van der Waals surface area contributed by atoms with Gasteiger partial charge in [0.2, 0.25) is 5.91 Å². The molecule has 1 amide bonds. The monoisotopic (exact) mass is 442 g/mol. The number of H-pyrrole nitrogens is 1. The molecule has 1 aromatic carbocycles. The van der Waals surface area contributed by atoms with Crippen LogP contribution < -0.4 is 5.56 Å². The van der Waals surface area contributed by atoms with Crippen molar-refractivity contribution in [3.05, 3.63) is 51.0 Å².